The van der Waals surface area contributed by atoms with Crippen LogP contribution < -0.4 is 5.32 Å². The van der Waals surface area contributed by atoms with E-state index in [2.05, 4.69) is 26.1 Å². The standard InChI is InChI=1S/C12H25NO/c1-12(2,3)9-13-7-10-5-4-6-11(10)8-14/h10-11,13-14H,4-9H2,1-3H3. The third-order valence-corrected chi connectivity index (χ3v) is 3.11. The minimum Gasteiger partial charge on any atom is -0.396 e. The maximum atomic E-state index is 9.17. The van der Waals surface area contributed by atoms with Crippen molar-refractivity contribution in [2.75, 3.05) is 19.7 Å². The molecule has 1 rings (SSSR count). The molecule has 1 aliphatic rings. The van der Waals surface area contributed by atoms with E-state index in [0.29, 0.717) is 23.9 Å². The van der Waals surface area contributed by atoms with E-state index in [4.69, 9.17) is 5.11 Å². The van der Waals surface area contributed by atoms with Crippen LogP contribution in [0, 0.1) is 17.3 Å². The average Bonchev–Trinajstić information content (AvgIpc) is 2.49. The van der Waals surface area contributed by atoms with Gasteiger partial charge in [-0.25, -0.2) is 0 Å². The Bertz CT molecular complexity index is 162. The summed E-state index contributed by atoms with van der Waals surface area (Å²) in [5, 5.41) is 12.7. The first-order valence-electron chi connectivity index (χ1n) is 5.84. The lowest BCUT2D eigenvalue weighted by Gasteiger charge is -2.22. The second-order valence-corrected chi connectivity index (χ2v) is 5.83. The molecule has 0 amide bonds. The van der Waals surface area contributed by atoms with Gasteiger partial charge in [-0.2, -0.15) is 0 Å². The van der Waals surface area contributed by atoms with Gasteiger partial charge in [0.15, 0.2) is 0 Å². The fourth-order valence-electron chi connectivity index (χ4n) is 2.26. The molecule has 2 atom stereocenters. The molecule has 2 N–H and O–H groups in total. The van der Waals surface area contributed by atoms with E-state index in [0.717, 1.165) is 13.1 Å². The number of hydrogen-bond acceptors (Lipinski definition) is 2. The average molecular weight is 199 g/mol. The SMILES string of the molecule is CC(C)(C)CNCC1CCCC1CO. The zero-order valence-corrected chi connectivity index (χ0v) is 9.84. The Morgan fingerprint density at radius 3 is 2.43 bits per heavy atom. The molecule has 2 heteroatoms. The highest BCUT2D eigenvalue weighted by Crippen LogP contribution is 2.30. The van der Waals surface area contributed by atoms with Gasteiger partial charge in [0.1, 0.15) is 0 Å². The van der Waals surface area contributed by atoms with E-state index in [-0.39, 0.29) is 0 Å². The molecule has 0 aromatic carbocycles. The lowest BCUT2D eigenvalue weighted by Crippen LogP contribution is -2.32. The molecule has 0 radical (unpaired) electrons. The Morgan fingerprint density at radius 1 is 1.21 bits per heavy atom. The van der Waals surface area contributed by atoms with Crippen LogP contribution in [0.5, 0.6) is 0 Å². The Balaban J connectivity index is 2.18. The molecule has 1 aliphatic carbocycles. The monoisotopic (exact) mass is 199 g/mol. The van der Waals surface area contributed by atoms with Gasteiger partial charge in [0.25, 0.3) is 0 Å². The molecule has 0 aromatic rings. The molecule has 0 saturated heterocycles. The second-order valence-electron chi connectivity index (χ2n) is 5.83. The Labute approximate surface area is 88.1 Å². The summed E-state index contributed by atoms with van der Waals surface area (Å²) in [5.74, 6) is 1.27. The molecule has 14 heavy (non-hydrogen) atoms. The van der Waals surface area contributed by atoms with Gasteiger partial charge in [-0.05, 0) is 43.2 Å². The summed E-state index contributed by atoms with van der Waals surface area (Å²) in [6.45, 7) is 9.28. The highest BCUT2D eigenvalue weighted by Gasteiger charge is 2.26. The summed E-state index contributed by atoms with van der Waals surface area (Å²) in [7, 11) is 0. The third-order valence-electron chi connectivity index (χ3n) is 3.11. The quantitative estimate of drug-likeness (QED) is 0.726. The normalized spacial score (nSPS) is 28.3. The second kappa shape index (κ2) is 5.13. The van der Waals surface area contributed by atoms with Crippen LogP contribution in [0.4, 0.5) is 0 Å². The predicted octanol–water partition coefficient (Wildman–Crippen LogP) is 2.03. The number of nitrogens with one attached hydrogen (secondary N) is 1. The van der Waals surface area contributed by atoms with Gasteiger partial charge in [-0.15, -0.1) is 0 Å². The van der Waals surface area contributed by atoms with Crippen molar-refractivity contribution in [1.82, 2.24) is 5.32 Å². The van der Waals surface area contributed by atoms with Crippen LogP contribution in [0.15, 0.2) is 0 Å². The van der Waals surface area contributed by atoms with Crippen molar-refractivity contribution in [2.45, 2.75) is 40.0 Å². The maximum Gasteiger partial charge on any atom is 0.0462 e. The van der Waals surface area contributed by atoms with E-state index in [1.165, 1.54) is 19.3 Å². The summed E-state index contributed by atoms with van der Waals surface area (Å²) >= 11 is 0. The molecule has 0 spiro atoms. The van der Waals surface area contributed by atoms with Crippen molar-refractivity contribution in [3.63, 3.8) is 0 Å². The molecule has 0 aromatic heterocycles. The van der Waals surface area contributed by atoms with E-state index in [1.807, 2.05) is 0 Å². The van der Waals surface area contributed by atoms with Gasteiger partial charge in [0.05, 0.1) is 0 Å². The molecule has 0 bridgehead atoms. The molecule has 0 aliphatic heterocycles. The van der Waals surface area contributed by atoms with Gasteiger partial charge in [0.2, 0.25) is 0 Å². The first kappa shape index (κ1) is 12.0. The maximum absolute atomic E-state index is 9.17. The van der Waals surface area contributed by atoms with E-state index in [1.54, 1.807) is 0 Å². The Kier molecular flexibility index (Phi) is 4.39. The van der Waals surface area contributed by atoms with Crippen LogP contribution >= 0.6 is 0 Å². The first-order valence-corrected chi connectivity index (χ1v) is 5.84. The molecule has 2 unspecified atom stereocenters. The van der Waals surface area contributed by atoms with Gasteiger partial charge >= 0.3 is 0 Å². The molecule has 1 fully saturated rings. The van der Waals surface area contributed by atoms with Crippen LogP contribution in [-0.4, -0.2) is 24.8 Å². The fraction of sp³-hybridized carbons (Fsp3) is 1.00. The van der Waals surface area contributed by atoms with Gasteiger partial charge < -0.3 is 10.4 Å². The van der Waals surface area contributed by atoms with Crippen LogP contribution in [0.3, 0.4) is 0 Å². The Hall–Kier alpha value is -0.0800. The van der Waals surface area contributed by atoms with Crippen molar-refractivity contribution in [2.24, 2.45) is 17.3 Å². The van der Waals surface area contributed by atoms with E-state index >= 15 is 0 Å². The summed E-state index contributed by atoms with van der Waals surface area (Å²) in [4.78, 5) is 0. The predicted molar refractivity (Wildman–Crippen MR) is 60.2 cm³/mol. The molecule has 84 valence electrons. The highest BCUT2D eigenvalue weighted by molar-refractivity contribution is 4.79. The summed E-state index contributed by atoms with van der Waals surface area (Å²) < 4.78 is 0. The number of aliphatic hydroxyl groups excluding tert-OH is 1. The molecular weight excluding hydrogens is 174 g/mol. The van der Waals surface area contributed by atoms with Gasteiger partial charge in [-0.3, -0.25) is 0 Å². The number of hydrogen-bond donors (Lipinski definition) is 2. The minimum absolute atomic E-state index is 0.368. The minimum atomic E-state index is 0.368. The van der Waals surface area contributed by atoms with Gasteiger partial charge in [-0.1, -0.05) is 27.2 Å². The van der Waals surface area contributed by atoms with Gasteiger partial charge in [0, 0.05) is 6.61 Å². The highest BCUT2D eigenvalue weighted by atomic mass is 16.3. The van der Waals surface area contributed by atoms with Crippen molar-refractivity contribution in [3.8, 4) is 0 Å². The topological polar surface area (TPSA) is 32.3 Å². The summed E-state index contributed by atoms with van der Waals surface area (Å²) in [6, 6.07) is 0. The summed E-state index contributed by atoms with van der Waals surface area (Å²) in [6.07, 6.45) is 3.81. The zero-order chi connectivity index (χ0) is 10.6. The van der Waals surface area contributed by atoms with Crippen LogP contribution in [0.1, 0.15) is 40.0 Å². The van der Waals surface area contributed by atoms with Crippen molar-refractivity contribution in [3.05, 3.63) is 0 Å². The first-order chi connectivity index (χ1) is 6.53. The van der Waals surface area contributed by atoms with Crippen LogP contribution in [0.25, 0.3) is 0 Å². The number of aliphatic hydroxyl groups is 1. The van der Waals surface area contributed by atoms with Crippen LogP contribution in [0.2, 0.25) is 0 Å². The fourth-order valence-corrected chi connectivity index (χ4v) is 2.26. The van der Waals surface area contributed by atoms with Crippen LogP contribution in [-0.2, 0) is 0 Å². The Morgan fingerprint density at radius 2 is 1.86 bits per heavy atom. The summed E-state index contributed by atoms with van der Waals surface area (Å²) in [5.41, 5.74) is 0.368. The smallest absolute Gasteiger partial charge is 0.0462 e. The lowest BCUT2D eigenvalue weighted by atomic mass is 9.94. The van der Waals surface area contributed by atoms with E-state index < -0.39 is 0 Å². The molecule has 0 heterocycles. The number of rotatable bonds is 4. The molecule has 1 saturated carbocycles. The lowest BCUT2D eigenvalue weighted by molar-refractivity contribution is 0.190. The third kappa shape index (κ3) is 3.97. The largest absolute Gasteiger partial charge is 0.396 e. The van der Waals surface area contributed by atoms with E-state index in [9.17, 15) is 0 Å². The van der Waals surface area contributed by atoms with Crippen molar-refractivity contribution in [1.29, 1.82) is 0 Å². The van der Waals surface area contributed by atoms with Crippen molar-refractivity contribution < 1.29 is 5.11 Å². The molecule has 2 nitrogen and oxygen atoms in total. The van der Waals surface area contributed by atoms with Crippen molar-refractivity contribution >= 4 is 0 Å². The zero-order valence-electron chi connectivity index (χ0n) is 9.84. The molecular formula is C12H25NO.